The van der Waals surface area contributed by atoms with Crippen molar-refractivity contribution >= 4 is 5.91 Å². The smallest absolute Gasteiger partial charge is 0.237 e. The highest BCUT2D eigenvalue weighted by Crippen LogP contribution is 2.19. The van der Waals surface area contributed by atoms with Crippen molar-refractivity contribution in [2.45, 2.75) is 45.2 Å². The van der Waals surface area contributed by atoms with Gasteiger partial charge in [0.05, 0.1) is 13.2 Å². The summed E-state index contributed by atoms with van der Waals surface area (Å²) in [5.74, 6) is 0.184. The molecule has 0 spiro atoms. The van der Waals surface area contributed by atoms with Crippen LogP contribution in [0.5, 0.6) is 0 Å². The lowest BCUT2D eigenvalue weighted by molar-refractivity contribution is -0.136. The molecule has 1 aliphatic rings. The van der Waals surface area contributed by atoms with Crippen LogP contribution < -0.4 is 0 Å². The van der Waals surface area contributed by atoms with Gasteiger partial charge in [-0.25, -0.2) is 0 Å². The molecule has 1 aromatic heterocycles. The first-order valence-electron chi connectivity index (χ1n) is 8.26. The van der Waals surface area contributed by atoms with Gasteiger partial charge in [-0.15, -0.1) is 0 Å². The number of rotatable bonds is 7. The molecule has 2 heterocycles. The molecule has 1 atom stereocenters. The Kier molecular flexibility index (Phi) is 6.80. The fourth-order valence-corrected chi connectivity index (χ4v) is 3.14. The largest absolute Gasteiger partial charge is 0.395 e. The molecular weight excluding hydrogens is 278 g/mol. The van der Waals surface area contributed by atoms with E-state index in [-0.39, 0.29) is 12.5 Å². The van der Waals surface area contributed by atoms with Crippen LogP contribution in [0.25, 0.3) is 0 Å². The quantitative estimate of drug-likeness (QED) is 0.832. The number of piperidine rings is 1. The van der Waals surface area contributed by atoms with E-state index < -0.39 is 0 Å². The maximum absolute atomic E-state index is 12.6. The number of likely N-dealkylation sites (tertiary alicyclic amines) is 1. The normalized spacial score (nSPS) is 18.7. The second-order valence-electron chi connectivity index (χ2n) is 5.94. The van der Waals surface area contributed by atoms with Crippen LogP contribution in [-0.4, -0.2) is 58.1 Å². The molecule has 0 radical (unpaired) electrons. The van der Waals surface area contributed by atoms with E-state index in [1.807, 2.05) is 28.1 Å². The number of aromatic nitrogens is 1. The van der Waals surface area contributed by atoms with Crippen molar-refractivity contribution in [3.63, 3.8) is 0 Å². The van der Waals surface area contributed by atoms with E-state index in [4.69, 9.17) is 0 Å². The monoisotopic (exact) mass is 305 g/mol. The molecule has 1 unspecified atom stereocenters. The number of hydrogen-bond donors (Lipinski definition) is 1. The molecule has 1 N–H and O–H groups in total. The highest BCUT2D eigenvalue weighted by atomic mass is 16.3. The van der Waals surface area contributed by atoms with Crippen molar-refractivity contribution in [2.75, 3.05) is 26.2 Å². The van der Waals surface area contributed by atoms with E-state index in [0.29, 0.717) is 25.7 Å². The third-order valence-corrected chi connectivity index (χ3v) is 4.32. The molecule has 1 aromatic rings. The molecule has 0 aromatic carbocycles. The summed E-state index contributed by atoms with van der Waals surface area (Å²) >= 11 is 0. The fraction of sp³-hybridized carbons (Fsp3) is 0.647. The summed E-state index contributed by atoms with van der Waals surface area (Å²) < 4.78 is 0. The number of amides is 1. The average molecular weight is 305 g/mol. The molecule has 1 saturated heterocycles. The maximum atomic E-state index is 12.6. The highest BCUT2D eigenvalue weighted by molar-refractivity contribution is 5.78. The minimum Gasteiger partial charge on any atom is -0.395 e. The van der Waals surface area contributed by atoms with E-state index >= 15 is 0 Å². The summed E-state index contributed by atoms with van der Waals surface area (Å²) in [7, 11) is 0. The fourth-order valence-electron chi connectivity index (χ4n) is 3.14. The van der Waals surface area contributed by atoms with Crippen LogP contribution in [0.4, 0.5) is 0 Å². The summed E-state index contributed by atoms with van der Waals surface area (Å²) in [5, 5.41) is 9.25. The number of carbonyl (C=O) groups excluding carboxylic acids is 1. The Morgan fingerprint density at radius 2 is 2.36 bits per heavy atom. The Bertz CT molecular complexity index is 452. The molecule has 5 nitrogen and oxygen atoms in total. The van der Waals surface area contributed by atoms with Gasteiger partial charge in [0.2, 0.25) is 5.91 Å². The lowest BCUT2D eigenvalue weighted by atomic mass is 10.00. The van der Waals surface area contributed by atoms with Crippen LogP contribution in [0.3, 0.4) is 0 Å². The number of aliphatic hydroxyl groups is 1. The van der Waals surface area contributed by atoms with Crippen LogP contribution >= 0.6 is 0 Å². The summed E-state index contributed by atoms with van der Waals surface area (Å²) in [6, 6.07) is 4.28. The van der Waals surface area contributed by atoms with Gasteiger partial charge >= 0.3 is 0 Å². The minimum atomic E-state index is 0.0603. The van der Waals surface area contributed by atoms with Gasteiger partial charge in [-0.1, -0.05) is 13.0 Å². The summed E-state index contributed by atoms with van der Waals surface area (Å²) in [6.45, 7) is 4.60. The standard InChI is InChI=1S/C17H27N3O2/c1-2-16-7-3-4-9-20(16)17(22)14-19(10-11-21)13-15-6-5-8-18-12-15/h5-6,8,12,16,21H,2-4,7,9-11,13-14H2,1H3. The van der Waals surface area contributed by atoms with Crippen molar-refractivity contribution in [1.29, 1.82) is 0 Å². The Morgan fingerprint density at radius 1 is 1.50 bits per heavy atom. The number of pyridine rings is 1. The van der Waals surface area contributed by atoms with Crippen LogP contribution in [0, 0.1) is 0 Å². The topological polar surface area (TPSA) is 56.7 Å². The first kappa shape index (κ1) is 16.9. The lowest BCUT2D eigenvalue weighted by Crippen LogP contribution is -2.48. The van der Waals surface area contributed by atoms with Gasteiger partial charge in [-0.2, -0.15) is 0 Å². The van der Waals surface area contributed by atoms with Crippen LogP contribution in [-0.2, 0) is 11.3 Å². The zero-order valence-corrected chi connectivity index (χ0v) is 13.4. The molecule has 0 bridgehead atoms. The number of carbonyl (C=O) groups is 1. The first-order chi connectivity index (χ1) is 10.7. The Balaban J connectivity index is 1.95. The second kappa shape index (κ2) is 8.86. The Morgan fingerprint density at radius 3 is 3.05 bits per heavy atom. The van der Waals surface area contributed by atoms with Crippen molar-refractivity contribution in [2.24, 2.45) is 0 Å². The molecule has 2 rings (SSSR count). The molecule has 1 amide bonds. The third kappa shape index (κ3) is 4.78. The zero-order chi connectivity index (χ0) is 15.8. The average Bonchev–Trinajstić information content (AvgIpc) is 2.56. The molecule has 1 fully saturated rings. The number of aliphatic hydroxyl groups excluding tert-OH is 1. The molecule has 5 heteroatoms. The van der Waals surface area contributed by atoms with Crippen molar-refractivity contribution in [1.82, 2.24) is 14.8 Å². The lowest BCUT2D eigenvalue weighted by Gasteiger charge is -2.36. The molecule has 122 valence electrons. The first-order valence-corrected chi connectivity index (χ1v) is 8.26. The van der Waals surface area contributed by atoms with E-state index in [1.165, 1.54) is 6.42 Å². The van der Waals surface area contributed by atoms with Gasteiger partial charge in [0.15, 0.2) is 0 Å². The number of hydrogen-bond acceptors (Lipinski definition) is 4. The highest BCUT2D eigenvalue weighted by Gasteiger charge is 2.26. The van der Waals surface area contributed by atoms with E-state index in [9.17, 15) is 9.90 Å². The SMILES string of the molecule is CCC1CCCCN1C(=O)CN(CCO)Cc1cccnc1. The van der Waals surface area contributed by atoms with Gasteiger partial charge in [-0.3, -0.25) is 14.7 Å². The summed E-state index contributed by atoms with van der Waals surface area (Å²) in [5.41, 5.74) is 1.06. The summed E-state index contributed by atoms with van der Waals surface area (Å²) in [4.78, 5) is 20.8. The van der Waals surface area contributed by atoms with Gasteiger partial charge < -0.3 is 10.0 Å². The molecular formula is C17H27N3O2. The minimum absolute atomic E-state index is 0.0603. The van der Waals surface area contributed by atoms with E-state index in [1.54, 1.807) is 6.20 Å². The molecule has 0 aliphatic carbocycles. The van der Waals surface area contributed by atoms with Gasteiger partial charge in [-0.05, 0) is 37.3 Å². The van der Waals surface area contributed by atoms with E-state index in [2.05, 4.69) is 11.9 Å². The van der Waals surface area contributed by atoms with Crippen LogP contribution in [0.2, 0.25) is 0 Å². The predicted octanol–water partition coefficient (Wildman–Crippen LogP) is 1.67. The molecule has 1 aliphatic heterocycles. The van der Waals surface area contributed by atoms with Gasteiger partial charge in [0.25, 0.3) is 0 Å². The molecule has 22 heavy (non-hydrogen) atoms. The third-order valence-electron chi connectivity index (χ3n) is 4.32. The maximum Gasteiger partial charge on any atom is 0.237 e. The van der Waals surface area contributed by atoms with Gasteiger partial charge in [0, 0.05) is 38.1 Å². The van der Waals surface area contributed by atoms with Crippen molar-refractivity contribution in [3.05, 3.63) is 30.1 Å². The predicted molar refractivity (Wildman–Crippen MR) is 86.2 cm³/mol. The Hall–Kier alpha value is -1.46. The van der Waals surface area contributed by atoms with E-state index in [0.717, 1.165) is 31.4 Å². The zero-order valence-electron chi connectivity index (χ0n) is 13.4. The Labute approximate surface area is 132 Å². The van der Waals surface area contributed by atoms with Gasteiger partial charge in [0.1, 0.15) is 0 Å². The summed E-state index contributed by atoms with van der Waals surface area (Å²) in [6.07, 6.45) is 8.01. The molecule has 0 saturated carbocycles. The van der Waals surface area contributed by atoms with Crippen LogP contribution in [0.15, 0.2) is 24.5 Å². The second-order valence-corrected chi connectivity index (χ2v) is 5.94. The van der Waals surface area contributed by atoms with Crippen LogP contribution in [0.1, 0.15) is 38.2 Å². The number of nitrogens with zero attached hydrogens (tertiary/aromatic N) is 3. The van der Waals surface area contributed by atoms with Crippen molar-refractivity contribution in [3.8, 4) is 0 Å². The van der Waals surface area contributed by atoms with Crippen molar-refractivity contribution < 1.29 is 9.90 Å².